The predicted molar refractivity (Wildman–Crippen MR) is 124 cm³/mol. The Kier molecular flexibility index (Phi) is 5.12. The molecule has 4 aromatic heterocycles. The third kappa shape index (κ3) is 3.34. The first-order valence-electron chi connectivity index (χ1n) is 9.79. The van der Waals surface area contributed by atoms with Crippen LogP contribution in [0.2, 0.25) is 0 Å². The third-order valence-corrected chi connectivity index (χ3v) is 8.31. The van der Waals surface area contributed by atoms with E-state index in [9.17, 15) is 9.59 Å². The summed E-state index contributed by atoms with van der Waals surface area (Å²) in [5.74, 6) is 1.12. The van der Waals surface area contributed by atoms with Gasteiger partial charge < -0.3 is 0 Å². The number of fused-ring (bicyclic) bond motifs is 4. The SMILES string of the molecule is C=CCn1c(SCc2cc(=O)n3ccsc3n2)nc2sc3c(c2c1=O)CCC(C)C3. The van der Waals surface area contributed by atoms with Crippen molar-refractivity contribution < 1.29 is 0 Å². The Hall–Kier alpha value is -2.23. The number of rotatable bonds is 5. The van der Waals surface area contributed by atoms with Crippen LogP contribution in [0.5, 0.6) is 0 Å². The van der Waals surface area contributed by atoms with E-state index in [4.69, 9.17) is 4.98 Å². The highest BCUT2D eigenvalue weighted by Crippen LogP contribution is 2.36. The van der Waals surface area contributed by atoms with Crippen LogP contribution >= 0.6 is 34.4 Å². The average Bonchev–Trinajstić information content (AvgIpc) is 3.33. The van der Waals surface area contributed by atoms with Crippen molar-refractivity contribution in [3.05, 3.63) is 67.1 Å². The van der Waals surface area contributed by atoms with Gasteiger partial charge in [-0.2, -0.15) is 0 Å². The Labute approximate surface area is 184 Å². The van der Waals surface area contributed by atoms with E-state index in [1.807, 2.05) is 5.38 Å². The van der Waals surface area contributed by atoms with Crippen molar-refractivity contribution in [2.24, 2.45) is 5.92 Å². The number of allylic oxidation sites excluding steroid dienone is 1. The van der Waals surface area contributed by atoms with Gasteiger partial charge in [-0.3, -0.25) is 18.6 Å². The standard InChI is InChI=1S/C21H20N4O2S3/c1-3-6-25-19(27)17-14-5-4-12(2)9-15(14)30-18(17)23-21(25)29-11-13-10-16(26)24-7-8-28-20(24)22-13/h3,7-8,10,12H,1,4-6,9,11H2,2H3. The van der Waals surface area contributed by atoms with E-state index in [0.717, 1.165) is 29.5 Å². The number of nitrogens with zero attached hydrogens (tertiary/aromatic N) is 4. The number of aryl methyl sites for hydroxylation is 1. The number of thiazole rings is 1. The second-order valence-corrected chi connectivity index (χ2v) is 10.5. The molecule has 154 valence electrons. The van der Waals surface area contributed by atoms with Gasteiger partial charge in [-0.15, -0.1) is 29.3 Å². The summed E-state index contributed by atoms with van der Waals surface area (Å²) in [6, 6.07) is 1.55. The Morgan fingerprint density at radius 1 is 1.37 bits per heavy atom. The maximum Gasteiger partial charge on any atom is 0.263 e. The van der Waals surface area contributed by atoms with Crippen molar-refractivity contribution in [2.45, 2.75) is 43.6 Å². The number of hydrogen-bond acceptors (Lipinski definition) is 7. The summed E-state index contributed by atoms with van der Waals surface area (Å²) in [7, 11) is 0. The number of thioether (sulfide) groups is 1. The van der Waals surface area contributed by atoms with Crippen LogP contribution in [0.1, 0.15) is 29.5 Å². The molecular weight excluding hydrogens is 436 g/mol. The van der Waals surface area contributed by atoms with Gasteiger partial charge in [0.05, 0.1) is 11.1 Å². The van der Waals surface area contributed by atoms with E-state index in [-0.39, 0.29) is 11.1 Å². The smallest absolute Gasteiger partial charge is 0.263 e. The van der Waals surface area contributed by atoms with E-state index in [0.29, 0.717) is 34.0 Å². The summed E-state index contributed by atoms with van der Waals surface area (Å²) in [5, 5.41) is 3.27. The molecule has 4 aromatic rings. The summed E-state index contributed by atoms with van der Waals surface area (Å²) in [6.07, 6.45) is 6.53. The van der Waals surface area contributed by atoms with Gasteiger partial charge in [-0.05, 0) is 30.7 Å². The monoisotopic (exact) mass is 456 g/mol. The fourth-order valence-electron chi connectivity index (χ4n) is 3.91. The lowest BCUT2D eigenvalue weighted by Gasteiger charge is -2.17. The van der Waals surface area contributed by atoms with Crippen LogP contribution in [0.3, 0.4) is 0 Å². The highest BCUT2D eigenvalue weighted by molar-refractivity contribution is 7.98. The first kappa shape index (κ1) is 19.7. The summed E-state index contributed by atoms with van der Waals surface area (Å²) < 4.78 is 3.23. The Bertz CT molecular complexity index is 1400. The second kappa shape index (κ2) is 7.79. The van der Waals surface area contributed by atoms with Crippen LogP contribution in [-0.4, -0.2) is 18.9 Å². The van der Waals surface area contributed by atoms with Gasteiger partial charge in [0.25, 0.3) is 11.1 Å². The lowest BCUT2D eigenvalue weighted by molar-refractivity contribution is 0.509. The highest BCUT2D eigenvalue weighted by Gasteiger charge is 2.24. The van der Waals surface area contributed by atoms with Gasteiger partial charge in [-0.25, -0.2) is 9.97 Å². The van der Waals surface area contributed by atoms with Gasteiger partial charge in [0.1, 0.15) is 4.83 Å². The molecule has 0 aromatic carbocycles. The molecule has 1 unspecified atom stereocenters. The average molecular weight is 457 g/mol. The topological polar surface area (TPSA) is 69.3 Å². The van der Waals surface area contributed by atoms with E-state index in [2.05, 4.69) is 18.5 Å². The molecule has 6 nitrogen and oxygen atoms in total. The van der Waals surface area contributed by atoms with Crippen molar-refractivity contribution in [1.29, 1.82) is 0 Å². The van der Waals surface area contributed by atoms with Gasteiger partial charge in [0.15, 0.2) is 10.1 Å². The van der Waals surface area contributed by atoms with Crippen molar-refractivity contribution in [3.63, 3.8) is 0 Å². The minimum absolute atomic E-state index is 0.0104. The largest absolute Gasteiger partial charge is 0.283 e. The molecule has 0 saturated carbocycles. The molecule has 5 rings (SSSR count). The molecule has 1 aliphatic carbocycles. The van der Waals surface area contributed by atoms with E-state index >= 15 is 0 Å². The van der Waals surface area contributed by atoms with Crippen LogP contribution in [0, 0.1) is 5.92 Å². The van der Waals surface area contributed by atoms with Gasteiger partial charge in [0, 0.05) is 34.8 Å². The zero-order valence-electron chi connectivity index (χ0n) is 16.5. The molecule has 0 amide bonds. The van der Waals surface area contributed by atoms with E-state index < -0.39 is 0 Å². The molecule has 0 bridgehead atoms. The van der Waals surface area contributed by atoms with E-state index in [1.54, 1.807) is 34.2 Å². The maximum atomic E-state index is 13.4. The van der Waals surface area contributed by atoms with Crippen molar-refractivity contribution in [2.75, 3.05) is 0 Å². The molecule has 30 heavy (non-hydrogen) atoms. The quantitative estimate of drug-likeness (QED) is 0.257. The third-order valence-electron chi connectivity index (χ3n) is 5.40. The minimum atomic E-state index is -0.0937. The lowest BCUT2D eigenvalue weighted by atomic mass is 9.89. The van der Waals surface area contributed by atoms with Gasteiger partial charge in [-0.1, -0.05) is 24.8 Å². The molecule has 0 N–H and O–H groups in total. The first-order chi connectivity index (χ1) is 14.5. The fourth-order valence-corrected chi connectivity index (χ4v) is 6.97. The first-order valence-corrected chi connectivity index (χ1v) is 12.5. The maximum absolute atomic E-state index is 13.4. The summed E-state index contributed by atoms with van der Waals surface area (Å²) in [6.45, 7) is 6.48. The molecule has 4 heterocycles. The highest BCUT2D eigenvalue weighted by atomic mass is 32.2. The summed E-state index contributed by atoms with van der Waals surface area (Å²) in [5.41, 5.74) is 1.80. The molecule has 1 aliphatic rings. The van der Waals surface area contributed by atoms with Crippen molar-refractivity contribution in [1.82, 2.24) is 18.9 Å². The van der Waals surface area contributed by atoms with Crippen LogP contribution in [-0.2, 0) is 25.1 Å². The predicted octanol–water partition coefficient (Wildman–Crippen LogP) is 4.13. The number of thiophene rings is 1. The van der Waals surface area contributed by atoms with Crippen LogP contribution < -0.4 is 11.1 Å². The molecule has 9 heteroatoms. The molecule has 0 saturated heterocycles. The van der Waals surface area contributed by atoms with Gasteiger partial charge in [0.2, 0.25) is 0 Å². The zero-order chi connectivity index (χ0) is 20.8. The van der Waals surface area contributed by atoms with Crippen LogP contribution in [0.15, 0.2) is 45.0 Å². The molecule has 0 radical (unpaired) electrons. The Morgan fingerprint density at radius 2 is 2.23 bits per heavy atom. The summed E-state index contributed by atoms with van der Waals surface area (Å²) >= 11 is 4.52. The molecule has 0 aliphatic heterocycles. The minimum Gasteiger partial charge on any atom is -0.283 e. The molecule has 0 spiro atoms. The molecule has 1 atom stereocenters. The van der Waals surface area contributed by atoms with E-state index in [1.165, 1.54) is 37.9 Å². The Balaban J connectivity index is 1.55. The Morgan fingerprint density at radius 3 is 3.07 bits per heavy atom. The summed E-state index contributed by atoms with van der Waals surface area (Å²) in [4.78, 5) is 37.8. The van der Waals surface area contributed by atoms with Crippen LogP contribution in [0.25, 0.3) is 15.2 Å². The van der Waals surface area contributed by atoms with Crippen molar-refractivity contribution in [3.8, 4) is 0 Å². The molecule has 0 fully saturated rings. The van der Waals surface area contributed by atoms with Gasteiger partial charge >= 0.3 is 0 Å². The normalized spacial score (nSPS) is 16.2. The zero-order valence-corrected chi connectivity index (χ0v) is 18.9. The van der Waals surface area contributed by atoms with Crippen LogP contribution in [0.4, 0.5) is 0 Å². The number of hydrogen-bond donors (Lipinski definition) is 0. The number of aromatic nitrogens is 4. The molecular formula is C21H20N4O2S3. The lowest BCUT2D eigenvalue weighted by Crippen LogP contribution is -2.23. The second-order valence-electron chi connectivity index (χ2n) is 7.56. The fraction of sp³-hybridized carbons (Fsp3) is 0.333. The van der Waals surface area contributed by atoms with Crippen molar-refractivity contribution >= 4 is 49.6 Å².